The van der Waals surface area contributed by atoms with E-state index >= 15 is 0 Å². The monoisotopic (exact) mass is 302 g/mol. The summed E-state index contributed by atoms with van der Waals surface area (Å²) in [7, 11) is 0. The molecule has 18 heavy (non-hydrogen) atoms. The van der Waals surface area contributed by atoms with Crippen molar-refractivity contribution < 1.29 is 4.79 Å². The molecule has 92 valence electrons. The van der Waals surface area contributed by atoms with E-state index in [-0.39, 0.29) is 5.78 Å². The minimum Gasteiger partial charge on any atom is -0.294 e. The second-order valence-electron chi connectivity index (χ2n) is 4.50. The van der Waals surface area contributed by atoms with Gasteiger partial charge in [-0.2, -0.15) is 0 Å². The normalized spacial score (nSPS) is 10.4. The van der Waals surface area contributed by atoms with Crippen LogP contribution >= 0.6 is 15.9 Å². The number of carbonyl (C=O) groups is 1. The highest BCUT2D eigenvalue weighted by Gasteiger charge is 2.10. The Morgan fingerprint density at radius 2 is 1.78 bits per heavy atom. The molecule has 0 saturated carbocycles. The van der Waals surface area contributed by atoms with Crippen LogP contribution < -0.4 is 0 Å². The van der Waals surface area contributed by atoms with Crippen molar-refractivity contribution in [3.8, 4) is 0 Å². The predicted molar refractivity (Wildman–Crippen MR) is 78.1 cm³/mol. The number of ketones is 1. The third-order valence-electron chi connectivity index (χ3n) is 3.11. The summed E-state index contributed by atoms with van der Waals surface area (Å²) >= 11 is 3.42. The molecule has 0 spiro atoms. The summed E-state index contributed by atoms with van der Waals surface area (Å²) < 4.78 is 0.860. The molecule has 0 bridgehead atoms. The Bertz CT molecular complexity index is 587. The van der Waals surface area contributed by atoms with Crippen LogP contribution in [0.2, 0.25) is 0 Å². The first-order chi connectivity index (χ1) is 8.58. The number of hydrogen-bond acceptors (Lipinski definition) is 1. The lowest BCUT2D eigenvalue weighted by atomic mass is 10.00. The van der Waals surface area contributed by atoms with Gasteiger partial charge in [0, 0.05) is 16.5 Å². The Morgan fingerprint density at radius 3 is 2.44 bits per heavy atom. The number of carbonyl (C=O) groups excluding carboxylic acids is 1. The van der Waals surface area contributed by atoms with Crippen molar-refractivity contribution in [3.63, 3.8) is 0 Å². The van der Waals surface area contributed by atoms with Gasteiger partial charge in [0.2, 0.25) is 0 Å². The van der Waals surface area contributed by atoms with Crippen LogP contribution in [0.3, 0.4) is 0 Å². The fourth-order valence-electron chi connectivity index (χ4n) is 1.88. The summed E-state index contributed by atoms with van der Waals surface area (Å²) in [5.41, 5.74) is 4.30. The molecule has 0 aliphatic carbocycles. The van der Waals surface area contributed by atoms with Gasteiger partial charge < -0.3 is 0 Å². The maximum atomic E-state index is 12.2. The van der Waals surface area contributed by atoms with Crippen LogP contribution in [0.25, 0.3) is 0 Å². The molecule has 0 fully saturated rings. The first-order valence-corrected chi connectivity index (χ1v) is 6.71. The molecular weight excluding hydrogens is 288 g/mol. The van der Waals surface area contributed by atoms with Gasteiger partial charge in [0.15, 0.2) is 5.78 Å². The van der Waals surface area contributed by atoms with Gasteiger partial charge in [0.1, 0.15) is 0 Å². The highest BCUT2D eigenvalue weighted by atomic mass is 79.9. The SMILES string of the molecule is Cc1ccc(CC(=O)c2ccccc2Br)cc1C. The minimum atomic E-state index is 0.144. The molecule has 0 saturated heterocycles. The first kappa shape index (κ1) is 13.0. The van der Waals surface area contributed by atoms with Gasteiger partial charge in [-0.05, 0) is 36.6 Å². The second-order valence-corrected chi connectivity index (χ2v) is 5.35. The predicted octanol–water partition coefficient (Wildman–Crippen LogP) is 4.49. The summed E-state index contributed by atoms with van der Waals surface area (Å²) in [6, 6.07) is 13.7. The van der Waals surface area contributed by atoms with Gasteiger partial charge in [-0.25, -0.2) is 0 Å². The highest BCUT2D eigenvalue weighted by molar-refractivity contribution is 9.10. The van der Waals surface area contributed by atoms with E-state index in [4.69, 9.17) is 0 Å². The molecule has 0 aliphatic rings. The molecule has 2 rings (SSSR count). The van der Waals surface area contributed by atoms with E-state index in [1.54, 1.807) is 0 Å². The number of benzene rings is 2. The Kier molecular flexibility index (Phi) is 3.97. The number of aryl methyl sites for hydroxylation is 2. The van der Waals surface area contributed by atoms with Crippen molar-refractivity contribution in [1.82, 2.24) is 0 Å². The Morgan fingerprint density at radius 1 is 1.06 bits per heavy atom. The van der Waals surface area contributed by atoms with E-state index in [1.807, 2.05) is 30.3 Å². The molecule has 0 N–H and O–H groups in total. The standard InChI is InChI=1S/C16H15BrO/c1-11-7-8-13(9-12(11)2)10-16(18)14-5-3-4-6-15(14)17/h3-9H,10H2,1-2H3. The Hall–Kier alpha value is -1.41. The fourth-order valence-corrected chi connectivity index (χ4v) is 2.39. The molecule has 0 amide bonds. The summed E-state index contributed by atoms with van der Waals surface area (Å²) in [6.45, 7) is 4.15. The van der Waals surface area contributed by atoms with Gasteiger partial charge in [0.25, 0.3) is 0 Å². The zero-order chi connectivity index (χ0) is 13.1. The van der Waals surface area contributed by atoms with Crippen LogP contribution in [-0.4, -0.2) is 5.78 Å². The van der Waals surface area contributed by atoms with Crippen molar-refractivity contribution in [3.05, 3.63) is 69.2 Å². The van der Waals surface area contributed by atoms with Crippen LogP contribution in [0.5, 0.6) is 0 Å². The Labute approximate surface area is 116 Å². The van der Waals surface area contributed by atoms with E-state index in [1.165, 1.54) is 11.1 Å². The lowest BCUT2D eigenvalue weighted by Crippen LogP contribution is -2.04. The molecule has 2 aromatic rings. The third kappa shape index (κ3) is 2.88. The maximum absolute atomic E-state index is 12.2. The van der Waals surface area contributed by atoms with Crippen LogP contribution in [0.1, 0.15) is 27.0 Å². The van der Waals surface area contributed by atoms with E-state index < -0.39 is 0 Å². The molecule has 0 aliphatic heterocycles. The first-order valence-electron chi connectivity index (χ1n) is 5.92. The number of Topliss-reactive ketones (excluding diaryl/α,β-unsaturated/α-hetero) is 1. The lowest BCUT2D eigenvalue weighted by Gasteiger charge is -2.06. The molecular formula is C16H15BrO. The van der Waals surface area contributed by atoms with Crippen molar-refractivity contribution in [2.75, 3.05) is 0 Å². The zero-order valence-electron chi connectivity index (χ0n) is 10.5. The quantitative estimate of drug-likeness (QED) is 0.763. The third-order valence-corrected chi connectivity index (χ3v) is 3.80. The second kappa shape index (κ2) is 5.49. The molecule has 1 nitrogen and oxygen atoms in total. The zero-order valence-corrected chi connectivity index (χ0v) is 12.1. The number of halogens is 1. The maximum Gasteiger partial charge on any atom is 0.168 e. The lowest BCUT2D eigenvalue weighted by molar-refractivity contribution is 0.0992. The molecule has 0 radical (unpaired) electrons. The molecule has 0 atom stereocenters. The van der Waals surface area contributed by atoms with Crippen molar-refractivity contribution >= 4 is 21.7 Å². The number of hydrogen-bond donors (Lipinski definition) is 0. The van der Waals surface area contributed by atoms with E-state index in [2.05, 4.69) is 41.9 Å². The minimum absolute atomic E-state index is 0.144. The van der Waals surface area contributed by atoms with Gasteiger partial charge in [0.05, 0.1) is 0 Å². The summed E-state index contributed by atoms with van der Waals surface area (Å²) in [5.74, 6) is 0.144. The summed E-state index contributed by atoms with van der Waals surface area (Å²) in [4.78, 5) is 12.2. The van der Waals surface area contributed by atoms with Gasteiger partial charge >= 0.3 is 0 Å². The molecule has 0 unspecified atom stereocenters. The van der Waals surface area contributed by atoms with E-state index in [9.17, 15) is 4.79 Å². The molecule has 2 aromatic carbocycles. The molecule has 0 aromatic heterocycles. The van der Waals surface area contributed by atoms with Crippen molar-refractivity contribution in [2.24, 2.45) is 0 Å². The molecule has 0 heterocycles. The van der Waals surface area contributed by atoms with Crippen LogP contribution in [0, 0.1) is 13.8 Å². The average Bonchev–Trinajstić information content (AvgIpc) is 2.34. The molecule has 2 heteroatoms. The van der Waals surface area contributed by atoms with Crippen molar-refractivity contribution in [1.29, 1.82) is 0 Å². The van der Waals surface area contributed by atoms with Crippen molar-refractivity contribution in [2.45, 2.75) is 20.3 Å². The van der Waals surface area contributed by atoms with Gasteiger partial charge in [-0.1, -0.05) is 52.3 Å². The fraction of sp³-hybridized carbons (Fsp3) is 0.188. The smallest absolute Gasteiger partial charge is 0.168 e. The largest absolute Gasteiger partial charge is 0.294 e. The van der Waals surface area contributed by atoms with Gasteiger partial charge in [-0.3, -0.25) is 4.79 Å². The van der Waals surface area contributed by atoms with Crippen LogP contribution in [-0.2, 0) is 6.42 Å². The van der Waals surface area contributed by atoms with Gasteiger partial charge in [-0.15, -0.1) is 0 Å². The van der Waals surface area contributed by atoms with Crippen LogP contribution in [0.4, 0.5) is 0 Å². The van der Waals surface area contributed by atoms with E-state index in [0.29, 0.717) is 6.42 Å². The Balaban J connectivity index is 2.22. The summed E-state index contributed by atoms with van der Waals surface area (Å²) in [6.07, 6.45) is 0.448. The average molecular weight is 303 g/mol. The van der Waals surface area contributed by atoms with Crippen LogP contribution in [0.15, 0.2) is 46.9 Å². The highest BCUT2D eigenvalue weighted by Crippen LogP contribution is 2.19. The number of rotatable bonds is 3. The summed E-state index contributed by atoms with van der Waals surface area (Å²) in [5, 5.41) is 0. The topological polar surface area (TPSA) is 17.1 Å². The van der Waals surface area contributed by atoms with E-state index in [0.717, 1.165) is 15.6 Å².